The topological polar surface area (TPSA) is 62.7 Å². The highest BCUT2D eigenvalue weighted by atomic mass is 35.5. The Labute approximate surface area is 152 Å². The standard InChI is InChI=1S/C19H20ClN5/c1-14-4-2-6-16(10-14)12-22-19-24-18(13-23-25-19)21-9-8-15-5-3-7-17(20)11-15/h2-7,10-11,13H,8-9,12H2,1H3,(H2,21,22,24,25). The Balaban J connectivity index is 1.52. The minimum Gasteiger partial charge on any atom is -0.368 e. The van der Waals surface area contributed by atoms with Gasteiger partial charge in [0.1, 0.15) is 0 Å². The number of nitrogens with zero attached hydrogens (tertiary/aromatic N) is 3. The van der Waals surface area contributed by atoms with E-state index >= 15 is 0 Å². The molecule has 0 radical (unpaired) electrons. The van der Waals surface area contributed by atoms with Crippen molar-refractivity contribution >= 4 is 23.4 Å². The van der Waals surface area contributed by atoms with Gasteiger partial charge in [0, 0.05) is 18.1 Å². The molecule has 128 valence electrons. The van der Waals surface area contributed by atoms with Gasteiger partial charge in [0.25, 0.3) is 0 Å². The van der Waals surface area contributed by atoms with Gasteiger partial charge in [-0.25, -0.2) is 0 Å². The summed E-state index contributed by atoms with van der Waals surface area (Å²) in [6.07, 6.45) is 2.48. The van der Waals surface area contributed by atoms with Crippen molar-refractivity contribution < 1.29 is 0 Å². The third kappa shape index (κ3) is 5.43. The Morgan fingerprint density at radius 1 is 1.00 bits per heavy atom. The number of nitrogens with one attached hydrogen (secondary N) is 2. The minimum absolute atomic E-state index is 0.509. The van der Waals surface area contributed by atoms with Crippen LogP contribution in [0, 0.1) is 6.92 Å². The van der Waals surface area contributed by atoms with Gasteiger partial charge in [-0.05, 0) is 36.6 Å². The van der Waals surface area contributed by atoms with E-state index in [4.69, 9.17) is 11.6 Å². The summed E-state index contributed by atoms with van der Waals surface area (Å²) >= 11 is 6.00. The van der Waals surface area contributed by atoms with Gasteiger partial charge in [-0.2, -0.15) is 10.1 Å². The lowest BCUT2D eigenvalue weighted by atomic mass is 10.1. The second-order valence-electron chi connectivity index (χ2n) is 5.81. The van der Waals surface area contributed by atoms with E-state index < -0.39 is 0 Å². The number of halogens is 1. The summed E-state index contributed by atoms with van der Waals surface area (Å²) < 4.78 is 0. The SMILES string of the molecule is Cc1cccc(CNc2nncc(NCCc3cccc(Cl)c3)n2)c1. The van der Waals surface area contributed by atoms with Crippen molar-refractivity contribution in [3.63, 3.8) is 0 Å². The molecule has 3 rings (SSSR count). The van der Waals surface area contributed by atoms with Crippen LogP contribution in [0.15, 0.2) is 54.7 Å². The minimum atomic E-state index is 0.509. The van der Waals surface area contributed by atoms with E-state index in [9.17, 15) is 0 Å². The Hall–Kier alpha value is -2.66. The van der Waals surface area contributed by atoms with Crippen molar-refractivity contribution in [2.24, 2.45) is 0 Å². The van der Waals surface area contributed by atoms with Gasteiger partial charge in [0.2, 0.25) is 5.95 Å². The summed E-state index contributed by atoms with van der Waals surface area (Å²) in [6, 6.07) is 16.2. The van der Waals surface area contributed by atoms with E-state index in [-0.39, 0.29) is 0 Å². The highest BCUT2D eigenvalue weighted by molar-refractivity contribution is 6.30. The first-order valence-corrected chi connectivity index (χ1v) is 8.54. The molecule has 0 saturated carbocycles. The first kappa shape index (κ1) is 17.2. The fourth-order valence-corrected chi connectivity index (χ4v) is 2.71. The largest absolute Gasteiger partial charge is 0.368 e. The normalized spacial score (nSPS) is 10.5. The van der Waals surface area contributed by atoms with Crippen molar-refractivity contribution in [3.8, 4) is 0 Å². The zero-order valence-corrected chi connectivity index (χ0v) is 14.8. The van der Waals surface area contributed by atoms with Gasteiger partial charge < -0.3 is 10.6 Å². The van der Waals surface area contributed by atoms with Crippen molar-refractivity contribution in [1.29, 1.82) is 0 Å². The van der Waals surface area contributed by atoms with Gasteiger partial charge >= 0.3 is 0 Å². The Kier molecular flexibility index (Phi) is 5.80. The van der Waals surface area contributed by atoms with Gasteiger partial charge in [-0.1, -0.05) is 53.6 Å². The van der Waals surface area contributed by atoms with Gasteiger partial charge in [-0.15, -0.1) is 5.10 Å². The third-order valence-corrected chi connectivity index (χ3v) is 3.94. The molecule has 0 aliphatic heterocycles. The molecule has 1 aromatic heterocycles. The molecule has 0 saturated heterocycles. The molecule has 0 fully saturated rings. The molecular formula is C19H20ClN5. The van der Waals surface area contributed by atoms with Crippen molar-refractivity contribution in [1.82, 2.24) is 15.2 Å². The van der Waals surface area contributed by atoms with E-state index in [1.807, 2.05) is 24.3 Å². The summed E-state index contributed by atoms with van der Waals surface area (Å²) in [7, 11) is 0. The van der Waals surface area contributed by atoms with Crippen molar-refractivity contribution in [2.45, 2.75) is 19.9 Å². The number of aryl methyl sites for hydroxylation is 1. The molecule has 2 N–H and O–H groups in total. The molecule has 1 heterocycles. The maximum atomic E-state index is 6.00. The maximum absolute atomic E-state index is 6.00. The van der Waals surface area contributed by atoms with Crippen LogP contribution < -0.4 is 10.6 Å². The molecule has 5 nitrogen and oxygen atoms in total. The van der Waals surface area contributed by atoms with E-state index in [1.165, 1.54) is 16.7 Å². The van der Waals surface area contributed by atoms with Crippen LogP contribution in [0.25, 0.3) is 0 Å². The van der Waals surface area contributed by atoms with Crippen LogP contribution in [0.4, 0.5) is 11.8 Å². The molecule has 0 amide bonds. The van der Waals surface area contributed by atoms with Crippen LogP contribution in [0.2, 0.25) is 5.02 Å². The molecule has 0 aliphatic rings. The summed E-state index contributed by atoms with van der Waals surface area (Å²) in [5.74, 6) is 1.21. The lowest BCUT2D eigenvalue weighted by Crippen LogP contribution is -2.10. The third-order valence-electron chi connectivity index (χ3n) is 3.70. The summed E-state index contributed by atoms with van der Waals surface area (Å²) in [5.41, 5.74) is 3.59. The van der Waals surface area contributed by atoms with Gasteiger partial charge in [-0.3, -0.25) is 0 Å². The summed E-state index contributed by atoms with van der Waals surface area (Å²) in [5, 5.41) is 15.2. The number of benzene rings is 2. The molecule has 0 bridgehead atoms. The predicted molar refractivity (Wildman–Crippen MR) is 102 cm³/mol. The second kappa shape index (κ2) is 8.44. The van der Waals surface area contributed by atoms with Gasteiger partial charge in [0.15, 0.2) is 5.82 Å². The fraction of sp³-hybridized carbons (Fsp3) is 0.211. The molecule has 0 unspecified atom stereocenters. The van der Waals surface area contributed by atoms with E-state index in [1.54, 1.807) is 6.20 Å². The lowest BCUT2D eigenvalue weighted by molar-refractivity contribution is 0.928. The monoisotopic (exact) mass is 353 g/mol. The quantitative estimate of drug-likeness (QED) is 0.669. The highest BCUT2D eigenvalue weighted by Gasteiger charge is 2.01. The zero-order valence-electron chi connectivity index (χ0n) is 14.0. The first-order valence-electron chi connectivity index (χ1n) is 8.16. The van der Waals surface area contributed by atoms with Crippen molar-refractivity contribution in [2.75, 3.05) is 17.2 Å². The van der Waals surface area contributed by atoms with Crippen LogP contribution in [-0.2, 0) is 13.0 Å². The fourth-order valence-electron chi connectivity index (χ4n) is 2.49. The number of hydrogen-bond donors (Lipinski definition) is 2. The van der Waals surface area contributed by atoms with Gasteiger partial charge in [0.05, 0.1) is 6.20 Å². The summed E-state index contributed by atoms with van der Waals surface area (Å²) in [4.78, 5) is 4.44. The van der Waals surface area contributed by atoms with Crippen LogP contribution in [0.5, 0.6) is 0 Å². The zero-order chi connectivity index (χ0) is 17.5. The maximum Gasteiger partial charge on any atom is 0.244 e. The van der Waals surface area contributed by atoms with Crippen molar-refractivity contribution in [3.05, 3.63) is 76.4 Å². The van der Waals surface area contributed by atoms with Crippen LogP contribution in [-0.4, -0.2) is 21.7 Å². The molecule has 0 atom stereocenters. The molecule has 2 aromatic carbocycles. The highest BCUT2D eigenvalue weighted by Crippen LogP contribution is 2.12. The summed E-state index contributed by atoms with van der Waals surface area (Å²) in [6.45, 7) is 3.48. The number of aromatic nitrogens is 3. The second-order valence-corrected chi connectivity index (χ2v) is 6.25. The molecule has 6 heteroatoms. The lowest BCUT2D eigenvalue weighted by Gasteiger charge is -2.08. The Morgan fingerprint density at radius 3 is 2.68 bits per heavy atom. The molecule has 0 aliphatic carbocycles. The average Bonchev–Trinajstić information content (AvgIpc) is 2.61. The number of rotatable bonds is 7. The number of hydrogen-bond acceptors (Lipinski definition) is 5. The van der Waals surface area contributed by atoms with E-state index in [2.05, 4.69) is 57.0 Å². The molecule has 0 spiro atoms. The van der Waals surface area contributed by atoms with Crippen LogP contribution in [0.3, 0.4) is 0 Å². The van der Waals surface area contributed by atoms with Crippen LogP contribution >= 0.6 is 11.6 Å². The van der Waals surface area contributed by atoms with E-state index in [0.717, 1.165) is 18.0 Å². The Bertz CT molecular complexity index is 837. The smallest absolute Gasteiger partial charge is 0.244 e. The van der Waals surface area contributed by atoms with E-state index in [0.29, 0.717) is 18.3 Å². The Morgan fingerprint density at radius 2 is 1.84 bits per heavy atom. The molecule has 3 aromatic rings. The average molecular weight is 354 g/mol. The number of anilines is 2. The van der Waals surface area contributed by atoms with Crippen LogP contribution in [0.1, 0.15) is 16.7 Å². The first-order chi connectivity index (χ1) is 12.2. The predicted octanol–water partition coefficient (Wildman–Crippen LogP) is 4.10. The molecular weight excluding hydrogens is 334 g/mol. The molecule has 25 heavy (non-hydrogen) atoms.